The fraction of sp³-hybridized carbons (Fsp3) is 0.500. The van der Waals surface area contributed by atoms with Crippen LogP contribution in [0.5, 0.6) is 5.88 Å². The van der Waals surface area contributed by atoms with Gasteiger partial charge in [-0.1, -0.05) is 6.92 Å². The highest BCUT2D eigenvalue weighted by Gasteiger charge is 2.16. The molecule has 5 nitrogen and oxygen atoms in total. The second-order valence-electron chi connectivity index (χ2n) is 3.21. The van der Waals surface area contributed by atoms with Gasteiger partial charge < -0.3 is 10.5 Å². The Morgan fingerprint density at radius 3 is 2.80 bits per heavy atom. The molecular weight excluding hydrogens is 194 g/mol. The number of hydrogen-bond acceptors (Lipinski definition) is 5. The Hall–Kier alpha value is -1.49. The molecule has 0 fully saturated rings. The number of carbonyl (C=O) groups excluding carboxylic acids is 1. The number of ketones is 1. The molecule has 1 atom stereocenters. The lowest BCUT2D eigenvalue weighted by Crippen LogP contribution is -2.23. The van der Waals surface area contributed by atoms with Crippen molar-refractivity contribution in [1.29, 1.82) is 0 Å². The minimum atomic E-state index is -0.135. The van der Waals surface area contributed by atoms with Gasteiger partial charge in [-0.3, -0.25) is 4.79 Å². The van der Waals surface area contributed by atoms with Crippen molar-refractivity contribution >= 4 is 5.78 Å². The summed E-state index contributed by atoms with van der Waals surface area (Å²) in [7, 11) is 1.46. The van der Waals surface area contributed by atoms with Gasteiger partial charge in [-0.15, -0.1) is 0 Å². The van der Waals surface area contributed by atoms with E-state index in [4.69, 9.17) is 10.5 Å². The van der Waals surface area contributed by atoms with E-state index in [1.54, 1.807) is 0 Å². The highest BCUT2D eigenvalue weighted by molar-refractivity contribution is 5.96. The lowest BCUT2D eigenvalue weighted by Gasteiger charge is -2.08. The zero-order valence-corrected chi connectivity index (χ0v) is 8.93. The fourth-order valence-electron chi connectivity index (χ4n) is 1.15. The quantitative estimate of drug-likeness (QED) is 0.725. The predicted molar refractivity (Wildman–Crippen MR) is 55.8 cm³/mol. The monoisotopic (exact) mass is 209 g/mol. The first-order chi connectivity index (χ1) is 7.19. The molecule has 1 rings (SSSR count). The van der Waals surface area contributed by atoms with Crippen molar-refractivity contribution in [2.45, 2.75) is 25.8 Å². The maximum absolute atomic E-state index is 11.7. The van der Waals surface area contributed by atoms with Gasteiger partial charge in [0.05, 0.1) is 7.11 Å². The maximum Gasteiger partial charge on any atom is 0.243 e. The molecule has 1 unspecified atom stereocenters. The molecule has 1 heterocycles. The van der Waals surface area contributed by atoms with Gasteiger partial charge in [0.1, 0.15) is 0 Å². The molecule has 1 aromatic heterocycles. The summed E-state index contributed by atoms with van der Waals surface area (Å²) in [4.78, 5) is 19.6. The fourth-order valence-corrected chi connectivity index (χ4v) is 1.15. The Morgan fingerprint density at radius 2 is 2.20 bits per heavy atom. The summed E-state index contributed by atoms with van der Waals surface area (Å²) in [6.45, 7) is 1.94. The molecule has 0 spiro atoms. The van der Waals surface area contributed by atoms with Crippen molar-refractivity contribution in [1.82, 2.24) is 9.97 Å². The molecule has 0 aliphatic carbocycles. The molecule has 0 bridgehead atoms. The van der Waals surface area contributed by atoms with Crippen molar-refractivity contribution in [2.24, 2.45) is 5.73 Å². The van der Waals surface area contributed by atoms with Crippen LogP contribution in [0.2, 0.25) is 0 Å². The summed E-state index contributed by atoms with van der Waals surface area (Å²) in [6, 6.07) is -0.135. The predicted octanol–water partition coefficient (Wildman–Crippen LogP) is 0.795. The van der Waals surface area contributed by atoms with Crippen LogP contribution in [-0.2, 0) is 0 Å². The van der Waals surface area contributed by atoms with E-state index < -0.39 is 0 Å². The molecule has 2 N–H and O–H groups in total. The van der Waals surface area contributed by atoms with Crippen LogP contribution in [0.4, 0.5) is 0 Å². The molecule has 15 heavy (non-hydrogen) atoms. The van der Waals surface area contributed by atoms with Crippen molar-refractivity contribution in [3.05, 3.63) is 18.1 Å². The van der Waals surface area contributed by atoms with E-state index in [9.17, 15) is 4.79 Å². The average Bonchev–Trinajstić information content (AvgIpc) is 2.28. The standard InChI is InChI=1S/C10H15N3O2/c1-3-7(11)6-8(14)9-10(15-2)13-5-4-12-9/h4-5,7H,3,6,11H2,1-2H3. The number of ether oxygens (including phenoxy) is 1. The van der Waals surface area contributed by atoms with E-state index in [1.165, 1.54) is 19.5 Å². The van der Waals surface area contributed by atoms with E-state index in [0.29, 0.717) is 0 Å². The number of carbonyl (C=O) groups is 1. The highest BCUT2D eigenvalue weighted by atomic mass is 16.5. The third-order valence-corrected chi connectivity index (χ3v) is 2.09. The minimum absolute atomic E-state index is 0.130. The summed E-state index contributed by atoms with van der Waals surface area (Å²) >= 11 is 0. The van der Waals surface area contributed by atoms with Gasteiger partial charge in [-0.2, -0.15) is 0 Å². The van der Waals surface area contributed by atoms with Gasteiger partial charge in [0.15, 0.2) is 11.5 Å². The Balaban J connectivity index is 2.81. The number of hydrogen-bond donors (Lipinski definition) is 1. The molecule has 0 amide bonds. The van der Waals surface area contributed by atoms with Gasteiger partial charge in [-0.05, 0) is 6.42 Å². The number of nitrogens with two attached hydrogens (primary N) is 1. The zero-order valence-electron chi connectivity index (χ0n) is 8.93. The largest absolute Gasteiger partial charge is 0.479 e. The van der Waals surface area contributed by atoms with Gasteiger partial charge in [0.2, 0.25) is 5.88 Å². The number of methoxy groups -OCH3 is 1. The molecule has 0 radical (unpaired) electrons. The lowest BCUT2D eigenvalue weighted by atomic mass is 10.1. The van der Waals surface area contributed by atoms with E-state index in [0.717, 1.165) is 6.42 Å². The van der Waals surface area contributed by atoms with Gasteiger partial charge in [0.25, 0.3) is 0 Å². The number of rotatable bonds is 5. The topological polar surface area (TPSA) is 78.1 Å². The maximum atomic E-state index is 11.7. The minimum Gasteiger partial charge on any atom is -0.479 e. The smallest absolute Gasteiger partial charge is 0.243 e. The first kappa shape index (κ1) is 11.6. The Bertz CT molecular complexity index is 341. The average molecular weight is 209 g/mol. The number of Topliss-reactive ketones (excluding diaryl/α,β-unsaturated/α-hetero) is 1. The molecular formula is C10H15N3O2. The molecule has 1 aromatic rings. The van der Waals surface area contributed by atoms with Crippen LogP contribution in [0.1, 0.15) is 30.3 Å². The zero-order chi connectivity index (χ0) is 11.3. The lowest BCUT2D eigenvalue weighted by molar-refractivity contribution is 0.0965. The SMILES string of the molecule is CCC(N)CC(=O)c1nccnc1OC. The van der Waals surface area contributed by atoms with Crippen LogP contribution in [-0.4, -0.2) is 28.9 Å². The van der Waals surface area contributed by atoms with Crippen LogP contribution >= 0.6 is 0 Å². The normalized spacial score (nSPS) is 12.2. The number of nitrogens with zero attached hydrogens (tertiary/aromatic N) is 2. The molecule has 0 aliphatic rings. The summed E-state index contributed by atoms with van der Waals surface area (Å²) in [5.41, 5.74) is 5.95. The van der Waals surface area contributed by atoms with E-state index in [1.807, 2.05) is 6.92 Å². The first-order valence-corrected chi connectivity index (χ1v) is 4.82. The molecule has 0 aromatic carbocycles. The van der Waals surface area contributed by atoms with Gasteiger partial charge in [0, 0.05) is 24.9 Å². The molecule has 0 saturated heterocycles. The summed E-state index contributed by atoms with van der Waals surface area (Å²) in [5.74, 6) is 0.125. The summed E-state index contributed by atoms with van der Waals surface area (Å²) in [6.07, 6.45) is 3.97. The Labute approximate surface area is 88.7 Å². The van der Waals surface area contributed by atoms with Crippen LogP contribution in [0.15, 0.2) is 12.4 Å². The van der Waals surface area contributed by atoms with Crippen molar-refractivity contribution in [3.8, 4) is 5.88 Å². The highest BCUT2D eigenvalue weighted by Crippen LogP contribution is 2.13. The van der Waals surface area contributed by atoms with Gasteiger partial charge >= 0.3 is 0 Å². The summed E-state index contributed by atoms with van der Waals surface area (Å²) < 4.78 is 4.95. The van der Waals surface area contributed by atoms with E-state index in [-0.39, 0.29) is 29.8 Å². The molecule has 0 saturated carbocycles. The van der Waals surface area contributed by atoms with Crippen molar-refractivity contribution < 1.29 is 9.53 Å². The molecule has 0 aliphatic heterocycles. The Kier molecular flexibility index (Phi) is 4.17. The van der Waals surface area contributed by atoms with Gasteiger partial charge in [-0.25, -0.2) is 9.97 Å². The van der Waals surface area contributed by atoms with Crippen molar-refractivity contribution in [2.75, 3.05) is 7.11 Å². The Morgan fingerprint density at radius 1 is 1.53 bits per heavy atom. The van der Waals surface area contributed by atoms with E-state index >= 15 is 0 Å². The van der Waals surface area contributed by atoms with Crippen molar-refractivity contribution in [3.63, 3.8) is 0 Å². The number of aromatic nitrogens is 2. The molecule has 82 valence electrons. The first-order valence-electron chi connectivity index (χ1n) is 4.82. The third-order valence-electron chi connectivity index (χ3n) is 2.09. The third kappa shape index (κ3) is 2.99. The second kappa shape index (κ2) is 5.41. The summed E-state index contributed by atoms with van der Waals surface area (Å²) in [5, 5.41) is 0. The van der Waals surface area contributed by atoms with Crippen LogP contribution in [0, 0.1) is 0 Å². The van der Waals surface area contributed by atoms with Crippen LogP contribution in [0.25, 0.3) is 0 Å². The second-order valence-corrected chi connectivity index (χ2v) is 3.21. The van der Waals surface area contributed by atoms with Crippen LogP contribution < -0.4 is 10.5 Å². The molecule has 5 heteroatoms. The van der Waals surface area contributed by atoms with E-state index in [2.05, 4.69) is 9.97 Å². The van der Waals surface area contributed by atoms with Crippen LogP contribution in [0.3, 0.4) is 0 Å².